The topological polar surface area (TPSA) is 77.2 Å². The van der Waals surface area contributed by atoms with Crippen molar-refractivity contribution in [3.05, 3.63) is 41.5 Å². The van der Waals surface area contributed by atoms with Crippen LogP contribution in [0, 0.1) is 0 Å². The quantitative estimate of drug-likeness (QED) is 0.854. The Morgan fingerprint density at radius 3 is 2.59 bits per heavy atom. The molecule has 0 unspecified atom stereocenters. The molecule has 0 fully saturated rings. The molecule has 0 atom stereocenters. The third-order valence-electron chi connectivity index (χ3n) is 2.09. The van der Waals surface area contributed by atoms with E-state index >= 15 is 0 Å². The smallest absolute Gasteiger partial charge is 0.221 e. The third-order valence-corrected chi connectivity index (χ3v) is 2.92. The monoisotopic (exact) mass is 253 g/mol. The van der Waals surface area contributed by atoms with E-state index in [0.29, 0.717) is 0 Å². The Balaban J connectivity index is 2.92. The highest BCUT2D eigenvalue weighted by molar-refractivity contribution is 7.89. The summed E-state index contributed by atoms with van der Waals surface area (Å²) in [5.74, 6) is -0.425. The number of carbonyl (C=O) groups is 1. The molecule has 4 nitrogen and oxygen atoms in total. The Bertz CT molecular complexity index is 532. The zero-order valence-electron chi connectivity index (χ0n) is 9.59. The zero-order chi connectivity index (χ0) is 12.9. The molecule has 0 aromatic heterocycles. The molecule has 92 valence electrons. The van der Waals surface area contributed by atoms with Crippen LogP contribution in [0.25, 0.3) is 6.08 Å². The lowest BCUT2D eigenvalue weighted by molar-refractivity contribution is -0.117. The normalized spacial score (nSPS) is 11.8. The summed E-state index contributed by atoms with van der Waals surface area (Å²) in [6.07, 6.45) is 4.68. The van der Waals surface area contributed by atoms with E-state index in [9.17, 15) is 13.2 Å². The number of carbonyl (C=O) groups excluding carboxylic acids is 1. The van der Waals surface area contributed by atoms with Crippen LogP contribution in [0.2, 0.25) is 0 Å². The van der Waals surface area contributed by atoms with Gasteiger partial charge in [-0.15, -0.1) is 0 Å². The van der Waals surface area contributed by atoms with Crippen molar-refractivity contribution in [1.82, 2.24) is 0 Å². The predicted octanol–water partition coefficient (Wildman–Crippen LogP) is 1.12. The fraction of sp³-hybridized carbons (Fsp3) is 0.250. The van der Waals surface area contributed by atoms with Gasteiger partial charge in [0.2, 0.25) is 5.91 Å². The second kappa shape index (κ2) is 5.63. The number of benzene rings is 1. The highest BCUT2D eigenvalue weighted by Crippen LogP contribution is 2.14. The van der Waals surface area contributed by atoms with Crippen molar-refractivity contribution >= 4 is 21.8 Å². The van der Waals surface area contributed by atoms with Crippen LogP contribution in [0.5, 0.6) is 0 Å². The molecule has 1 amide bonds. The average Bonchev–Trinajstić information content (AvgIpc) is 2.17. The fourth-order valence-corrected chi connectivity index (χ4v) is 2.24. The summed E-state index contributed by atoms with van der Waals surface area (Å²) in [6, 6.07) is 7.16. The van der Waals surface area contributed by atoms with Gasteiger partial charge in [-0.1, -0.05) is 36.4 Å². The van der Waals surface area contributed by atoms with E-state index < -0.39 is 15.7 Å². The molecule has 17 heavy (non-hydrogen) atoms. The van der Waals surface area contributed by atoms with Gasteiger partial charge in [0.1, 0.15) is 0 Å². The summed E-state index contributed by atoms with van der Waals surface area (Å²) in [5, 5.41) is 0. The number of rotatable bonds is 5. The van der Waals surface area contributed by atoms with Gasteiger partial charge in [-0.25, -0.2) is 8.42 Å². The van der Waals surface area contributed by atoms with Crippen molar-refractivity contribution in [2.45, 2.75) is 12.2 Å². The van der Waals surface area contributed by atoms with Crippen molar-refractivity contribution in [3.8, 4) is 0 Å². The van der Waals surface area contributed by atoms with Crippen LogP contribution >= 0.6 is 0 Å². The number of hydrogen-bond acceptors (Lipinski definition) is 3. The number of nitrogens with two attached hydrogens (primary N) is 1. The van der Waals surface area contributed by atoms with E-state index in [0.717, 1.165) is 11.1 Å². The fourth-order valence-electron chi connectivity index (χ4n) is 1.41. The van der Waals surface area contributed by atoms with Gasteiger partial charge in [-0.05, 0) is 11.1 Å². The van der Waals surface area contributed by atoms with E-state index in [4.69, 9.17) is 5.73 Å². The second-order valence-electron chi connectivity index (χ2n) is 3.84. The van der Waals surface area contributed by atoms with Gasteiger partial charge in [0.25, 0.3) is 0 Å². The van der Waals surface area contributed by atoms with Crippen molar-refractivity contribution in [3.63, 3.8) is 0 Å². The SMILES string of the molecule is CS(=O)(=O)Cc1ccccc1C=CCC(N)=O. The Labute approximate surface area is 101 Å². The van der Waals surface area contributed by atoms with E-state index in [1.54, 1.807) is 30.4 Å². The molecule has 0 aliphatic carbocycles. The lowest BCUT2D eigenvalue weighted by atomic mass is 10.1. The summed E-state index contributed by atoms with van der Waals surface area (Å²) in [5.41, 5.74) is 6.52. The molecule has 0 radical (unpaired) electrons. The van der Waals surface area contributed by atoms with Crippen LogP contribution in [0.15, 0.2) is 30.3 Å². The summed E-state index contributed by atoms with van der Waals surface area (Å²) in [7, 11) is -3.07. The van der Waals surface area contributed by atoms with Crippen molar-refractivity contribution < 1.29 is 13.2 Å². The van der Waals surface area contributed by atoms with Crippen LogP contribution in [0.4, 0.5) is 0 Å². The molecule has 0 saturated heterocycles. The van der Waals surface area contributed by atoms with Gasteiger partial charge in [0.15, 0.2) is 9.84 Å². The van der Waals surface area contributed by atoms with E-state index in [1.807, 2.05) is 6.07 Å². The molecule has 1 aromatic carbocycles. The maximum Gasteiger partial charge on any atom is 0.221 e. The van der Waals surface area contributed by atoms with Gasteiger partial charge >= 0.3 is 0 Å². The standard InChI is InChI=1S/C12H15NO3S/c1-17(15,16)9-11-6-3-2-5-10(11)7-4-8-12(13)14/h2-7H,8-9H2,1H3,(H2,13,14). The maximum atomic E-state index is 11.2. The van der Waals surface area contributed by atoms with Crippen LogP contribution in [0.1, 0.15) is 17.5 Å². The van der Waals surface area contributed by atoms with Crippen molar-refractivity contribution in [2.75, 3.05) is 6.26 Å². The van der Waals surface area contributed by atoms with Crippen LogP contribution in [0.3, 0.4) is 0 Å². The number of primary amides is 1. The minimum absolute atomic E-state index is 0.00984. The minimum atomic E-state index is -3.07. The lowest BCUT2D eigenvalue weighted by Gasteiger charge is -2.04. The molecule has 5 heteroatoms. The Kier molecular flexibility index (Phi) is 4.45. The first-order valence-electron chi connectivity index (χ1n) is 5.09. The number of hydrogen-bond donors (Lipinski definition) is 1. The Morgan fingerprint density at radius 1 is 1.35 bits per heavy atom. The first-order chi connectivity index (χ1) is 7.88. The second-order valence-corrected chi connectivity index (χ2v) is 5.98. The van der Waals surface area contributed by atoms with Gasteiger partial charge in [-0.2, -0.15) is 0 Å². The number of sulfone groups is 1. The van der Waals surface area contributed by atoms with Gasteiger partial charge in [-0.3, -0.25) is 4.79 Å². The largest absolute Gasteiger partial charge is 0.369 e. The van der Waals surface area contributed by atoms with Crippen molar-refractivity contribution in [2.24, 2.45) is 5.73 Å². The van der Waals surface area contributed by atoms with Crippen LogP contribution < -0.4 is 5.73 Å². The first-order valence-corrected chi connectivity index (χ1v) is 7.15. The minimum Gasteiger partial charge on any atom is -0.369 e. The molecule has 0 bridgehead atoms. The summed E-state index contributed by atoms with van der Waals surface area (Å²) in [4.78, 5) is 10.6. The van der Waals surface area contributed by atoms with Gasteiger partial charge in [0, 0.05) is 12.7 Å². The van der Waals surface area contributed by atoms with E-state index in [-0.39, 0.29) is 12.2 Å². The highest BCUT2D eigenvalue weighted by Gasteiger charge is 2.06. The van der Waals surface area contributed by atoms with Gasteiger partial charge in [0.05, 0.1) is 5.75 Å². The van der Waals surface area contributed by atoms with E-state index in [2.05, 4.69) is 0 Å². The first kappa shape index (κ1) is 13.4. The summed E-state index contributed by atoms with van der Waals surface area (Å²) >= 11 is 0. The maximum absolute atomic E-state index is 11.2. The van der Waals surface area contributed by atoms with Gasteiger partial charge < -0.3 is 5.73 Å². The molecular formula is C12H15NO3S. The average molecular weight is 253 g/mol. The number of amides is 1. The molecule has 0 saturated carbocycles. The summed E-state index contributed by atoms with van der Waals surface area (Å²) < 4.78 is 22.5. The highest BCUT2D eigenvalue weighted by atomic mass is 32.2. The molecule has 0 spiro atoms. The molecule has 0 heterocycles. The predicted molar refractivity (Wildman–Crippen MR) is 67.8 cm³/mol. The molecule has 0 aliphatic rings. The van der Waals surface area contributed by atoms with Crippen molar-refractivity contribution in [1.29, 1.82) is 0 Å². The molecule has 1 rings (SSSR count). The third kappa shape index (κ3) is 5.31. The Hall–Kier alpha value is -1.62. The molecular weight excluding hydrogens is 238 g/mol. The Morgan fingerprint density at radius 2 is 2.00 bits per heavy atom. The van der Waals surface area contributed by atoms with E-state index in [1.165, 1.54) is 6.26 Å². The molecule has 1 aromatic rings. The molecule has 0 aliphatic heterocycles. The molecule has 2 N–H and O–H groups in total. The van der Waals surface area contributed by atoms with Crippen LogP contribution in [-0.2, 0) is 20.4 Å². The lowest BCUT2D eigenvalue weighted by Crippen LogP contribution is -2.08. The summed E-state index contributed by atoms with van der Waals surface area (Å²) in [6.45, 7) is 0. The zero-order valence-corrected chi connectivity index (χ0v) is 10.4. The van der Waals surface area contributed by atoms with Crippen LogP contribution in [-0.4, -0.2) is 20.6 Å².